The molecule has 3 amide bonds. The zero-order valence-electron chi connectivity index (χ0n) is 12.6. The minimum absolute atomic E-state index is 0.0207. The monoisotopic (exact) mass is 326 g/mol. The van der Waals surface area contributed by atoms with Gasteiger partial charge in [-0.2, -0.15) is 0 Å². The molecule has 0 saturated carbocycles. The maximum Gasteiger partial charge on any atom is 0.321 e. The molecule has 22 heavy (non-hydrogen) atoms. The molecular weight excluding hydrogens is 308 g/mol. The molecule has 0 spiro atoms. The number of urea groups is 1. The van der Waals surface area contributed by atoms with Crippen LogP contribution in [0.1, 0.15) is 33.0 Å². The zero-order chi connectivity index (χ0) is 16.7. The summed E-state index contributed by atoms with van der Waals surface area (Å²) in [7, 11) is 1.36. The minimum Gasteiger partial charge on any atom is -0.456 e. The number of thiophene rings is 1. The number of carbonyl (C=O) groups excluding carboxylic acids is 4. The van der Waals surface area contributed by atoms with Gasteiger partial charge in [-0.3, -0.25) is 19.7 Å². The van der Waals surface area contributed by atoms with Crippen molar-refractivity contribution < 1.29 is 23.9 Å². The number of Topliss-reactive ketones (excluding diaryl/α,β-unsaturated/α-hetero) is 1. The van der Waals surface area contributed by atoms with Crippen molar-refractivity contribution >= 4 is 35.0 Å². The predicted octanol–water partition coefficient (Wildman–Crippen LogP) is 1.33. The highest BCUT2D eigenvalue weighted by Gasteiger charge is 2.15. The number of rotatable bonds is 6. The number of aryl methyl sites for hydroxylation is 2. The minimum atomic E-state index is -0.733. The summed E-state index contributed by atoms with van der Waals surface area (Å²) in [6.07, 6.45) is -0.0899. The third kappa shape index (κ3) is 5.65. The van der Waals surface area contributed by atoms with Crippen LogP contribution in [-0.4, -0.2) is 37.3 Å². The summed E-state index contributed by atoms with van der Waals surface area (Å²) in [6, 6.07) is 1.12. The molecule has 2 N–H and O–H groups in total. The van der Waals surface area contributed by atoms with Gasteiger partial charge >= 0.3 is 12.0 Å². The van der Waals surface area contributed by atoms with Crippen LogP contribution < -0.4 is 10.6 Å². The lowest BCUT2D eigenvalue weighted by Crippen LogP contribution is -2.39. The highest BCUT2D eigenvalue weighted by atomic mass is 32.1. The quantitative estimate of drug-likeness (QED) is 0.606. The van der Waals surface area contributed by atoms with E-state index >= 15 is 0 Å². The summed E-state index contributed by atoms with van der Waals surface area (Å²) in [4.78, 5) is 47.5. The van der Waals surface area contributed by atoms with Gasteiger partial charge in [0.1, 0.15) is 0 Å². The Balaban J connectivity index is 2.34. The van der Waals surface area contributed by atoms with Gasteiger partial charge in [0.25, 0.3) is 5.91 Å². The van der Waals surface area contributed by atoms with Gasteiger partial charge in [0.15, 0.2) is 12.4 Å². The summed E-state index contributed by atoms with van der Waals surface area (Å²) in [5.41, 5.74) is 0.618. The lowest BCUT2D eigenvalue weighted by atomic mass is 10.1. The summed E-state index contributed by atoms with van der Waals surface area (Å²) in [6.45, 7) is 3.21. The summed E-state index contributed by atoms with van der Waals surface area (Å²) >= 11 is 1.53. The first-order chi connectivity index (χ1) is 10.3. The van der Waals surface area contributed by atoms with Gasteiger partial charge in [-0.25, -0.2) is 4.79 Å². The van der Waals surface area contributed by atoms with Gasteiger partial charge in [0, 0.05) is 28.8 Å². The lowest BCUT2D eigenvalue weighted by molar-refractivity contribution is -0.148. The van der Waals surface area contributed by atoms with Gasteiger partial charge in [-0.15, -0.1) is 11.3 Å². The third-order valence-corrected chi connectivity index (χ3v) is 3.71. The maximum atomic E-state index is 12.0. The fourth-order valence-corrected chi connectivity index (χ4v) is 2.64. The SMILES string of the molecule is CNC(=O)NC(=O)COC(=O)CCC(=O)c1cc(C)sc1C. The molecule has 0 aliphatic rings. The molecule has 0 bridgehead atoms. The average molecular weight is 326 g/mol. The van der Waals surface area contributed by atoms with Crippen molar-refractivity contribution in [1.29, 1.82) is 0 Å². The molecule has 0 atom stereocenters. The number of imide groups is 1. The van der Waals surface area contributed by atoms with Gasteiger partial charge in [-0.05, 0) is 19.9 Å². The molecule has 0 aliphatic heterocycles. The maximum absolute atomic E-state index is 12.0. The number of carbonyl (C=O) groups is 4. The van der Waals surface area contributed by atoms with Crippen molar-refractivity contribution in [3.8, 4) is 0 Å². The number of hydrogen-bond donors (Lipinski definition) is 2. The first-order valence-corrected chi connectivity index (χ1v) is 7.42. The van der Waals surface area contributed by atoms with Gasteiger partial charge in [0.2, 0.25) is 0 Å². The largest absolute Gasteiger partial charge is 0.456 e. The van der Waals surface area contributed by atoms with Crippen LogP contribution in [0.2, 0.25) is 0 Å². The molecule has 1 aromatic heterocycles. The Morgan fingerprint density at radius 2 is 1.86 bits per heavy atom. The molecule has 0 aromatic carbocycles. The van der Waals surface area contributed by atoms with E-state index in [0.717, 1.165) is 9.75 Å². The Kier molecular flexibility index (Phi) is 6.71. The number of ketones is 1. The predicted molar refractivity (Wildman–Crippen MR) is 80.9 cm³/mol. The van der Waals surface area contributed by atoms with Crippen LogP contribution >= 0.6 is 11.3 Å². The topological polar surface area (TPSA) is 102 Å². The molecule has 0 unspecified atom stereocenters. The van der Waals surface area contributed by atoms with Gasteiger partial charge < -0.3 is 10.1 Å². The Hall–Kier alpha value is -2.22. The molecule has 8 heteroatoms. The fraction of sp³-hybridized carbons (Fsp3) is 0.429. The molecule has 1 heterocycles. The van der Waals surface area contributed by atoms with Crippen LogP contribution in [0.4, 0.5) is 4.79 Å². The van der Waals surface area contributed by atoms with Crippen LogP contribution in [0.15, 0.2) is 6.07 Å². The van der Waals surface area contributed by atoms with Crippen molar-refractivity contribution in [1.82, 2.24) is 10.6 Å². The third-order valence-electron chi connectivity index (χ3n) is 2.74. The molecule has 120 valence electrons. The standard InChI is InChI=1S/C14H18N2O5S/c1-8-6-10(9(2)22-8)11(17)4-5-13(19)21-7-12(18)16-14(20)15-3/h6H,4-5,7H2,1-3H3,(H2,15,16,18,20). The van der Waals surface area contributed by atoms with Crippen LogP contribution in [0.3, 0.4) is 0 Å². The van der Waals surface area contributed by atoms with E-state index in [2.05, 4.69) is 5.32 Å². The number of hydrogen-bond acceptors (Lipinski definition) is 6. The van der Waals surface area contributed by atoms with Crippen molar-refractivity contribution in [2.75, 3.05) is 13.7 Å². The van der Waals surface area contributed by atoms with Crippen molar-refractivity contribution in [2.24, 2.45) is 0 Å². The second-order valence-electron chi connectivity index (χ2n) is 4.54. The highest BCUT2D eigenvalue weighted by molar-refractivity contribution is 7.12. The molecule has 0 fully saturated rings. The first-order valence-electron chi connectivity index (χ1n) is 6.61. The highest BCUT2D eigenvalue weighted by Crippen LogP contribution is 2.22. The summed E-state index contributed by atoms with van der Waals surface area (Å²) < 4.78 is 4.69. The Labute approximate surface area is 132 Å². The molecule has 0 aliphatic carbocycles. The Morgan fingerprint density at radius 1 is 1.18 bits per heavy atom. The van der Waals surface area contributed by atoms with Crippen LogP contribution in [0.5, 0.6) is 0 Å². The van der Waals surface area contributed by atoms with E-state index in [-0.39, 0.29) is 18.6 Å². The smallest absolute Gasteiger partial charge is 0.321 e. The Morgan fingerprint density at radius 3 is 2.41 bits per heavy atom. The van der Waals surface area contributed by atoms with Crippen LogP contribution in [0, 0.1) is 13.8 Å². The van der Waals surface area contributed by atoms with E-state index < -0.39 is 24.5 Å². The van der Waals surface area contributed by atoms with E-state index in [1.807, 2.05) is 19.2 Å². The summed E-state index contributed by atoms with van der Waals surface area (Å²) in [5.74, 6) is -1.53. The van der Waals surface area contributed by atoms with Crippen LogP contribution in [-0.2, 0) is 14.3 Å². The van der Waals surface area contributed by atoms with E-state index in [0.29, 0.717) is 5.56 Å². The van der Waals surface area contributed by atoms with E-state index in [1.165, 1.54) is 18.4 Å². The van der Waals surface area contributed by atoms with Gasteiger partial charge in [-0.1, -0.05) is 0 Å². The molecule has 0 saturated heterocycles. The molecular formula is C14H18N2O5S. The molecule has 1 aromatic rings. The van der Waals surface area contributed by atoms with E-state index in [4.69, 9.17) is 4.74 Å². The average Bonchev–Trinajstić information content (AvgIpc) is 2.81. The number of amides is 3. The summed E-state index contributed by atoms with van der Waals surface area (Å²) in [5, 5.41) is 4.15. The second kappa shape index (κ2) is 8.28. The number of ether oxygens (including phenoxy) is 1. The Bertz CT molecular complexity index is 594. The second-order valence-corrected chi connectivity index (χ2v) is 6.00. The zero-order valence-corrected chi connectivity index (χ0v) is 13.5. The molecule has 7 nitrogen and oxygen atoms in total. The lowest BCUT2D eigenvalue weighted by Gasteiger charge is -2.05. The van der Waals surface area contributed by atoms with Crippen molar-refractivity contribution in [2.45, 2.75) is 26.7 Å². The molecule has 1 rings (SSSR count). The van der Waals surface area contributed by atoms with Crippen LogP contribution in [0.25, 0.3) is 0 Å². The fourth-order valence-electron chi connectivity index (χ4n) is 1.70. The van der Waals surface area contributed by atoms with Crippen molar-refractivity contribution in [3.05, 3.63) is 21.4 Å². The molecule has 0 radical (unpaired) electrons. The van der Waals surface area contributed by atoms with Crippen molar-refractivity contribution in [3.63, 3.8) is 0 Å². The first kappa shape index (κ1) is 17.8. The normalized spacial score (nSPS) is 9.95. The number of esters is 1. The number of nitrogens with one attached hydrogen (secondary N) is 2. The van der Waals surface area contributed by atoms with Gasteiger partial charge in [0.05, 0.1) is 6.42 Å². The van der Waals surface area contributed by atoms with E-state index in [9.17, 15) is 19.2 Å². The van der Waals surface area contributed by atoms with E-state index in [1.54, 1.807) is 6.07 Å².